The maximum atomic E-state index is 11.7. The van der Waals surface area contributed by atoms with Crippen molar-refractivity contribution in [3.63, 3.8) is 0 Å². The van der Waals surface area contributed by atoms with Crippen LogP contribution in [0.2, 0.25) is 0 Å². The van der Waals surface area contributed by atoms with E-state index in [-0.39, 0.29) is 18.7 Å². The number of benzene rings is 1. The Bertz CT molecular complexity index is 421. The zero-order valence-corrected chi connectivity index (χ0v) is 11.7. The fourth-order valence-corrected chi connectivity index (χ4v) is 1.82. The first-order valence-electron chi connectivity index (χ1n) is 6.40. The van der Waals surface area contributed by atoms with Gasteiger partial charge in [0.05, 0.1) is 7.11 Å². The van der Waals surface area contributed by atoms with Gasteiger partial charge in [-0.1, -0.05) is 0 Å². The van der Waals surface area contributed by atoms with Gasteiger partial charge in [-0.25, -0.2) is 4.79 Å². The predicted octanol–water partition coefficient (Wildman–Crippen LogP) is 2.29. The summed E-state index contributed by atoms with van der Waals surface area (Å²) in [7, 11) is 1.62. The van der Waals surface area contributed by atoms with Crippen LogP contribution in [-0.4, -0.2) is 30.9 Å². The number of hydrogen-bond acceptors (Lipinski definition) is 3. The minimum Gasteiger partial charge on any atom is -0.496 e. The van der Waals surface area contributed by atoms with Crippen LogP contribution < -0.4 is 15.4 Å². The van der Waals surface area contributed by atoms with Gasteiger partial charge in [-0.3, -0.25) is 0 Å². The van der Waals surface area contributed by atoms with Crippen LogP contribution in [0, 0.1) is 6.92 Å². The molecule has 0 fully saturated rings. The van der Waals surface area contributed by atoms with Crippen molar-refractivity contribution in [1.82, 2.24) is 5.32 Å². The lowest BCUT2D eigenvalue weighted by Gasteiger charge is -2.14. The fourth-order valence-electron chi connectivity index (χ4n) is 1.82. The van der Waals surface area contributed by atoms with Gasteiger partial charge in [0.25, 0.3) is 0 Å². The van der Waals surface area contributed by atoms with Gasteiger partial charge in [0.2, 0.25) is 0 Å². The van der Waals surface area contributed by atoms with Gasteiger partial charge in [0.1, 0.15) is 5.75 Å². The molecule has 1 rings (SSSR count). The van der Waals surface area contributed by atoms with E-state index in [1.54, 1.807) is 13.2 Å². The molecule has 0 aromatic heterocycles. The number of aliphatic hydroxyl groups is 1. The lowest BCUT2D eigenvalue weighted by molar-refractivity contribution is 0.245. The van der Waals surface area contributed by atoms with Crippen LogP contribution in [-0.2, 0) is 0 Å². The highest BCUT2D eigenvalue weighted by Gasteiger charge is 2.08. The highest BCUT2D eigenvalue weighted by atomic mass is 16.5. The number of aliphatic hydroxyl groups excluding tert-OH is 1. The number of anilines is 1. The number of amides is 2. The second-order valence-corrected chi connectivity index (χ2v) is 4.55. The summed E-state index contributed by atoms with van der Waals surface area (Å²) in [5.41, 5.74) is 1.69. The Hall–Kier alpha value is -1.75. The largest absolute Gasteiger partial charge is 0.496 e. The Morgan fingerprint density at radius 3 is 2.79 bits per heavy atom. The van der Waals surface area contributed by atoms with Gasteiger partial charge < -0.3 is 20.5 Å². The Labute approximate surface area is 114 Å². The molecule has 0 saturated heterocycles. The summed E-state index contributed by atoms with van der Waals surface area (Å²) in [4.78, 5) is 11.7. The van der Waals surface area contributed by atoms with E-state index in [1.807, 2.05) is 26.0 Å². The molecule has 0 heterocycles. The quantitative estimate of drug-likeness (QED) is 0.740. The summed E-state index contributed by atoms with van der Waals surface area (Å²) < 4.78 is 5.16. The molecule has 1 aromatic carbocycles. The molecule has 3 N–H and O–H groups in total. The maximum Gasteiger partial charge on any atom is 0.319 e. The van der Waals surface area contributed by atoms with Crippen molar-refractivity contribution >= 4 is 11.7 Å². The lowest BCUT2D eigenvalue weighted by atomic mass is 10.2. The van der Waals surface area contributed by atoms with Crippen molar-refractivity contribution in [2.45, 2.75) is 32.7 Å². The van der Waals surface area contributed by atoms with Crippen LogP contribution >= 0.6 is 0 Å². The van der Waals surface area contributed by atoms with E-state index >= 15 is 0 Å². The fraction of sp³-hybridized carbons (Fsp3) is 0.500. The first-order valence-corrected chi connectivity index (χ1v) is 6.40. The molecule has 0 radical (unpaired) electrons. The SMILES string of the molecule is COc1ccc(NC(=O)NC(C)CCCO)cc1C. The summed E-state index contributed by atoms with van der Waals surface area (Å²) in [6, 6.07) is 5.27. The highest BCUT2D eigenvalue weighted by molar-refractivity contribution is 5.89. The third kappa shape index (κ3) is 5.18. The number of ether oxygens (including phenoxy) is 1. The second kappa shape index (κ2) is 7.63. The van der Waals surface area contributed by atoms with E-state index in [0.29, 0.717) is 6.42 Å². The minimum absolute atomic E-state index is 0.0338. The zero-order chi connectivity index (χ0) is 14.3. The molecule has 19 heavy (non-hydrogen) atoms. The van der Waals surface area contributed by atoms with Crippen LogP contribution in [0.5, 0.6) is 5.75 Å². The monoisotopic (exact) mass is 266 g/mol. The predicted molar refractivity (Wildman–Crippen MR) is 75.7 cm³/mol. The van der Waals surface area contributed by atoms with E-state index in [9.17, 15) is 4.79 Å². The van der Waals surface area contributed by atoms with Gasteiger partial charge in [0.15, 0.2) is 0 Å². The first kappa shape index (κ1) is 15.3. The second-order valence-electron chi connectivity index (χ2n) is 4.55. The Balaban J connectivity index is 2.50. The van der Waals surface area contributed by atoms with Crippen molar-refractivity contribution in [3.8, 4) is 5.75 Å². The smallest absolute Gasteiger partial charge is 0.319 e. The van der Waals surface area contributed by atoms with Gasteiger partial charge in [-0.05, 0) is 50.5 Å². The Morgan fingerprint density at radius 1 is 1.47 bits per heavy atom. The molecule has 0 aliphatic heterocycles. The lowest BCUT2D eigenvalue weighted by Crippen LogP contribution is -2.36. The van der Waals surface area contributed by atoms with Crippen LogP contribution in [0.15, 0.2) is 18.2 Å². The normalized spacial score (nSPS) is 11.8. The molecule has 0 spiro atoms. The maximum absolute atomic E-state index is 11.7. The summed E-state index contributed by atoms with van der Waals surface area (Å²) >= 11 is 0. The minimum atomic E-state index is -0.241. The van der Waals surface area contributed by atoms with Crippen molar-refractivity contribution < 1.29 is 14.6 Å². The third-order valence-electron chi connectivity index (χ3n) is 2.83. The average Bonchev–Trinajstić information content (AvgIpc) is 2.36. The van der Waals surface area contributed by atoms with Crippen molar-refractivity contribution in [2.24, 2.45) is 0 Å². The van der Waals surface area contributed by atoms with Gasteiger partial charge in [0, 0.05) is 18.3 Å². The van der Waals surface area contributed by atoms with Gasteiger partial charge in [-0.2, -0.15) is 0 Å². The molecule has 0 bridgehead atoms. The molecular weight excluding hydrogens is 244 g/mol. The van der Waals surface area contributed by atoms with E-state index in [1.165, 1.54) is 0 Å². The Morgan fingerprint density at radius 2 is 2.21 bits per heavy atom. The molecular formula is C14H22N2O3. The first-order chi connectivity index (χ1) is 9.06. The number of methoxy groups -OCH3 is 1. The highest BCUT2D eigenvalue weighted by Crippen LogP contribution is 2.21. The van der Waals surface area contributed by atoms with E-state index < -0.39 is 0 Å². The molecule has 5 nitrogen and oxygen atoms in total. The van der Waals surface area contributed by atoms with Gasteiger partial charge >= 0.3 is 6.03 Å². The molecule has 1 aromatic rings. The number of hydrogen-bond donors (Lipinski definition) is 3. The standard InChI is InChI=1S/C14H22N2O3/c1-10-9-12(6-7-13(10)19-3)16-14(18)15-11(2)5-4-8-17/h6-7,9,11,17H,4-5,8H2,1-3H3,(H2,15,16,18). The van der Waals surface area contributed by atoms with Crippen LogP contribution in [0.1, 0.15) is 25.3 Å². The Kier molecular flexibility index (Phi) is 6.15. The molecule has 5 heteroatoms. The molecule has 0 aliphatic rings. The van der Waals surface area contributed by atoms with E-state index in [2.05, 4.69) is 10.6 Å². The number of aryl methyl sites for hydroxylation is 1. The topological polar surface area (TPSA) is 70.6 Å². The molecule has 1 unspecified atom stereocenters. The number of rotatable bonds is 6. The number of nitrogens with one attached hydrogen (secondary N) is 2. The third-order valence-corrected chi connectivity index (χ3v) is 2.83. The summed E-state index contributed by atoms with van der Waals surface area (Å²) in [5.74, 6) is 0.794. The summed E-state index contributed by atoms with van der Waals surface area (Å²) in [6.07, 6.45) is 1.44. The van der Waals surface area contributed by atoms with Crippen LogP contribution in [0.25, 0.3) is 0 Å². The van der Waals surface area contributed by atoms with E-state index in [4.69, 9.17) is 9.84 Å². The van der Waals surface area contributed by atoms with Gasteiger partial charge in [-0.15, -0.1) is 0 Å². The number of carbonyl (C=O) groups excluding carboxylic acids is 1. The molecule has 0 saturated carbocycles. The molecule has 1 atom stereocenters. The number of urea groups is 1. The average molecular weight is 266 g/mol. The van der Waals surface area contributed by atoms with E-state index in [0.717, 1.165) is 23.4 Å². The van der Waals surface area contributed by atoms with Crippen LogP contribution in [0.3, 0.4) is 0 Å². The zero-order valence-electron chi connectivity index (χ0n) is 11.7. The van der Waals surface area contributed by atoms with Crippen molar-refractivity contribution in [3.05, 3.63) is 23.8 Å². The number of carbonyl (C=O) groups is 1. The molecule has 0 aliphatic carbocycles. The summed E-state index contributed by atoms with van der Waals surface area (Å²) in [6.45, 7) is 3.98. The molecule has 2 amide bonds. The van der Waals surface area contributed by atoms with Crippen LogP contribution in [0.4, 0.5) is 10.5 Å². The van der Waals surface area contributed by atoms with Crippen molar-refractivity contribution in [2.75, 3.05) is 19.0 Å². The van der Waals surface area contributed by atoms with Crippen molar-refractivity contribution in [1.29, 1.82) is 0 Å². The summed E-state index contributed by atoms with van der Waals surface area (Å²) in [5, 5.41) is 14.3. The molecule has 106 valence electrons.